The Labute approximate surface area is 110 Å². The first kappa shape index (κ1) is 14.3. The second-order valence-corrected chi connectivity index (χ2v) is 4.23. The molecule has 0 aliphatic heterocycles. The number of hydrogen-bond acceptors (Lipinski definition) is 3. The van der Waals surface area contributed by atoms with Gasteiger partial charge in [-0.3, -0.25) is 4.79 Å². The topological polar surface area (TPSA) is 39.2 Å². The van der Waals surface area contributed by atoms with Crippen molar-refractivity contribution in [2.24, 2.45) is 0 Å². The average molecular weight is 329 g/mol. The Morgan fingerprint density at radius 2 is 2.29 bits per heavy atom. The van der Waals surface area contributed by atoms with E-state index in [1.54, 1.807) is 0 Å². The van der Waals surface area contributed by atoms with E-state index in [4.69, 9.17) is 11.6 Å². The van der Waals surface area contributed by atoms with Crippen LogP contribution in [0, 0.1) is 0 Å². The summed E-state index contributed by atoms with van der Waals surface area (Å²) in [4.78, 5) is 14.8. The fraction of sp³-hybridized carbons (Fsp3) is 0.400. The third-order valence-electron chi connectivity index (χ3n) is 2.12. The second kappa shape index (κ2) is 6.26. The average Bonchev–Trinajstić information content (AvgIpc) is 2.30. The molecule has 0 aliphatic rings. The van der Waals surface area contributed by atoms with E-state index >= 15 is 0 Å². The fourth-order valence-corrected chi connectivity index (χ4v) is 2.04. The number of esters is 1. The van der Waals surface area contributed by atoms with Crippen LogP contribution in [0.3, 0.4) is 0 Å². The minimum absolute atomic E-state index is 0.0210. The van der Waals surface area contributed by atoms with Gasteiger partial charge in [0, 0.05) is 5.88 Å². The van der Waals surface area contributed by atoms with Crippen LogP contribution in [0.25, 0.3) is 0 Å². The van der Waals surface area contributed by atoms with Crippen LogP contribution in [-0.4, -0.2) is 18.1 Å². The molecular formula is C10H9BrClF2NO2. The monoisotopic (exact) mass is 327 g/mol. The summed E-state index contributed by atoms with van der Waals surface area (Å²) < 4.78 is 30.3. The van der Waals surface area contributed by atoms with Gasteiger partial charge in [0.2, 0.25) is 0 Å². The highest BCUT2D eigenvalue weighted by Crippen LogP contribution is 2.28. The first-order valence-electron chi connectivity index (χ1n) is 4.58. The Morgan fingerprint density at radius 3 is 2.76 bits per heavy atom. The second-order valence-electron chi connectivity index (χ2n) is 3.16. The van der Waals surface area contributed by atoms with Crippen molar-refractivity contribution in [1.82, 2.24) is 4.98 Å². The molecule has 1 aromatic rings. The molecule has 1 heterocycles. The lowest BCUT2D eigenvalue weighted by Crippen LogP contribution is -2.11. The standard InChI is InChI=1S/C10H9BrClF2NO2/c1-17-8(16)3-6-5(4-12)2-7(11)15-9(6)10(13)14/h2,10H,3-4H2,1H3. The van der Waals surface area contributed by atoms with E-state index in [2.05, 4.69) is 25.7 Å². The van der Waals surface area contributed by atoms with Crippen molar-refractivity contribution < 1.29 is 18.3 Å². The van der Waals surface area contributed by atoms with E-state index in [9.17, 15) is 13.6 Å². The predicted octanol–water partition coefficient (Wildman–Crippen LogP) is 3.24. The van der Waals surface area contributed by atoms with E-state index in [0.29, 0.717) is 5.56 Å². The number of ether oxygens (including phenoxy) is 1. The molecule has 0 radical (unpaired) electrons. The van der Waals surface area contributed by atoms with Gasteiger partial charge in [-0.15, -0.1) is 11.6 Å². The first-order valence-corrected chi connectivity index (χ1v) is 5.91. The molecular weight excluding hydrogens is 319 g/mol. The number of halogens is 4. The summed E-state index contributed by atoms with van der Waals surface area (Å²) in [6.45, 7) is 0. The van der Waals surface area contributed by atoms with Crippen molar-refractivity contribution in [2.75, 3.05) is 7.11 Å². The van der Waals surface area contributed by atoms with Gasteiger partial charge < -0.3 is 4.74 Å². The number of rotatable bonds is 4. The molecule has 0 atom stereocenters. The molecule has 0 unspecified atom stereocenters. The Kier molecular flexibility index (Phi) is 5.27. The normalized spacial score (nSPS) is 10.7. The number of pyridine rings is 1. The highest BCUT2D eigenvalue weighted by atomic mass is 79.9. The van der Waals surface area contributed by atoms with E-state index in [1.807, 2.05) is 0 Å². The molecule has 0 bridgehead atoms. The number of methoxy groups -OCH3 is 1. The fourth-order valence-electron chi connectivity index (χ4n) is 1.33. The van der Waals surface area contributed by atoms with Crippen molar-refractivity contribution in [3.8, 4) is 0 Å². The molecule has 7 heteroatoms. The number of carbonyl (C=O) groups is 1. The van der Waals surface area contributed by atoms with Gasteiger partial charge in [0.25, 0.3) is 6.43 Å². The van der Waals surface area contributed by atoms with Crippen molar-refractivity contribution in [3.05, 3.63) is 27.5 Å². The number of nitrogens with zero attached hydrogens (tertiary/aromatic N) is 1. The van der Waals surface area contributed by atoms with Crippen molar-refractivity contribution in [1.29, 1.82) is 0 Å². The van der Waals surface area contributed by atoms with Crippen LogP contribution < -0.4 is 0 Å². The summed E-state index contributed by atoms with van der Waals surface area (Å²) in [6, 6.07) is 1.51. The van der Waals surface area contributed by atoms with E-state index in [1.165, 1.54) is 13.2 Å². The minimum Gasteiger partial charge on any atom is -0.469 e. The van der Waals surface area contributed by atoms with Gasteiger partial charge in [-0.2, -0.15) is 0 Å². The van der Waals surface area contributed by atoms with Gasteiger partial charge in [-0.05, 0) is 33.1 Å². The van der Waals surface area contributed by atoms with Gasteiger partial charge >= 0.3 is 5.97 Å². The molecule has 17 heavy (non-hydrogen) atoms. The highest BCUT2D eigenvalue weighted by Gasteiger charge is 2.21. The Bertz CT molecular complexity index is 429. The summed E-state index contributed by atoms with van der Waals surface area (Å²) in [5, 5.41) is 0. The van der Waals surface area contributed by atoms with Crippen LogP contribution in [0.1, 0.15) is 23.2 Å². The molecule has 0 saturated heterocycles. The Balaban J connectivity index is 3.26. The van der Waals surface area contributed by atoms with E-state index in [-0.39, 0.29) is 22.5 Å². The van der Waals surface area contributed by atoms with Crippen LogP contribution in [0.2, 0.25) is 0 Å². The van der Waals surface area contributed by atoms with Crippen LogP contribution >= 0.6 is 27.5 Å². The molecule has 1 aromatic heterocycles. The lowest BCUT2D eigenvalue weighted by molar-refractivity contribution is -0.139. The third-order valence-corrected chi connectivity index (χ3v) is 2.81. The van der Waals surface area contributed by atoms with Crippen LogP contribution in [0.4, 0.5) is 8.78 Å². The molecule has 0 fully saturated rings. The van der Waals surface area contributed by atoms with Gasteiger partial charge in [0.1, 0.15) is 10.3 Å². The molecule has 0 N–H and O–H groups in total. The Hall–Kier alpha value is -0.750. The summed E-state index contributed by atoms with van der Waals surface area (Å²) in [5.41, 5.74) is 0.125. The van der Waals surface area contributed by atoms with Crippen LogP contribution in [0.5, 0.6) is 0 Å². The molecule has 0 saturated carbocycles. The molecule has 1 rings (SSSR count). The lowest BCUT2D eigenvalue weighted by Gasteiger charge is -2.12. The summed E-state index contributed by atoms with van der Waals surface area (Å²) in [7, 11) is 1.19. The van der Waals surface area contributed by atoms with Crippen molar-refractivity contribution in [3.63, 3.8) is 0 Å². The highest BCUT2D eigenvalue weighted by molar-refractivity contribution is 9.10. The summed E-state index contributed by atoms with van der Waals surface area (Å²) in [6.07, 6.45) is -3.03. The van der Waals surface area contributed by atoms with Gasteiger partial charge in [0.15, 0.2) is 0 Å². The number of aromatic nitrogens is 1. The molecule has 0 spiro atoms. The zero-order valence-corrected chi connectivity index (χ0v) is 11.2. The van der Waals surface area contributed by atoms with Crippen LogP contribution in [-0.2, 0) is 21.8 Å². The Morgan fingerprint density at radius 1 is 1.65 bits per heavy atom. The number of alkyl halides is 3. The van der Waals surface area contributed by atoms with Gasteiger partial charge in [-0.1, -0.05) is 0 Å². The number of carbonyl (C=O) groups excluding carboxylic acids is 1. The molecule has 3 nitrogen and oxygen atoms in total. The van der Waals surface area contributed by atoms with Crippen molar-refractivity contribution in [2.45, 2.75) is 18.7 Å². The first-order chi connectivity index (χ1) is 7.99. The molecule has 0 aromatic carbocycles. The maximum Gasteiger partial charge on any atom is 0.310 e. The van der Waals surface area contributed by atoms with Gasteiger partial charge in [-0.25, -0.2) is 13.8 Å². The largest absolute Gasteiger partial charge is 0.469 e. The SMILES string of the molecule is COC(=O)Cc1c(CCl)cc(Br)nc1C(F)F. The predicted molar refractivity (Wildman–Crippen MR) is 62.2 cm³/mol. The van der Waals surface area contributed by atoms with E-state index in [0.717, 1.165) is 0 Å². The quantitative estimate of drug-likeness (QED) is 0.484. The molecule has 94 valence electrons. The van der Waals surface area contributed by atoms with Crippen molar-refractivity contribution >= 4 is 33.5 Å². The zero-order chi connectivity index (χ0) is 13.0. The number of hydrogen-bond donors (Lipinski definition) is 0. The van der Waals surface area contributed by atoms with Gasteiger partial charge in [0.05, 0.1) is 13.5 Å². The van der Waals surface area contributed by atoms with E-state index < -0.39 is 18.1 Å². The molecule has 0 aliphatic carbocycles. The van der Waals surface area contributed by atoms with Crippen LogP contribution in [0.15, 0.2) is 10.7 Å². The summed E-state index contributed by atoms with van der Waals surface area (Å²) in [5.74, 6) is -0.588. The third kappa shape index (κ3) is 3.61. The zero-order valence-electron chi connectivity index (χ0n) is 8.84. The lowest BCUT2D eigenvalue weighted by atomic mass is 10.0. The molecule has 0 amide bonds. The summed E-state index contributed by atoms with van der Waals surface area (Å²) >= 11 is 8.68. The maximum atomic E-state index is 12.8. The minimum atomic E-state index is -2.77. The smallest absolute Gasteiger partial charge is 0.310 e. The maximum absolute atomic E-state index is 12.8.